The van der Waals surface area contributed by atoms with Crippen LogP contribution in [0.4, 0.5) is 0 Å². The fraction of sp³-hybridized carbons (Fsp3) is 0.238. The molecule has 0 saturated heterocycles. The van der Waals surface area contributed by atoms with Gasteiger partial charge >= 0.3 is 0 Å². The molecule has 0 atom stereocenters. The maximum absolute atomic E-state index is 4.84. The monoisotopic (exact) mass is 345 g/mol. The predicted octanol–water partition coefficient (Wildman–Crippen LogP) is 4.13. The number of hydrogen-bond donors (Lipinski definition) is 0. The zero-order valence-corrected chi connectivity index (χ0v) is 15.3. The summed E-state index contributed by atoms with van der Waals surface area (Å²) in [5.74, 6) is 0.966. The first-order valence-corrected chi connectivity index (χ1v) is 8.75. The van der Waals surface area contributed by atoms with Crippen molar-refractivity contribution in [1.82, 2.24) is 24.5 Å². The fourth-order valence-corrected chi connectivity index (χ4v) is 2.90. The first-order valence-electron chi connectivity index (χ1n) is 8.75. The molecule has 0 bridgehead atoms. The maximum Gasteiger partial charge on any atom is 0.142 e. The topological polar surface area (TPSA) is 56.5 Å². The van der Waals surface area contributed by atoms with Crippen LogP contribution in [0.5, 0.6) is 0 Å². The van der Waals surface area contributed by atoms with Crippen molar-refractivity contribution < 1.29 is 0 Å². The van der Waals surface area contributed by atoms with Crippen molar-refractivity contribution in [1.29, 1.82) is 0 Å². The van der Waals surface area contributed by atoms with Crippen molar-refractivity contribution in [3.05, 3.63) is 72.4 Å². The van der Waals surface area contributed by atoms with E-state index < -0.39 is 0 Å². The molecule has 0 aliphatic heterocycles. The van der Waals surface area contributed by atoms with Crippen LogP contribution in [0.1, 0.15) is 35.4 Å². The van der Waals surface area contributed by atoms with Crippen LogP contribution in [0.3, 0.4) is 0 Å². The summed E-state index contributed by atoms with van der Waals surface area (Å²) in [6.45, 7) is 12.5. The minimum absolute atomic E-state index is 0.758. The molecule has 5 heteroatoms. The zero-order valence-electron chi connectivity index (χ0n) is 15.3. The summed E-state index contributed by atoms with van der Waals surface area (Å²) in [6, 6.07) is 4.01. The van der Waals surface area contributed by atoms with Crippen LogP contribution in [0.2, 0.25) is 0 Å². The third kappa shape index (κ3) is 3.61. The summed E-state index contributed by atoms with van der Waals surface area (Å²) < 4.78 is 2.17. The highest BCUT2D eigenvalue weighted by molar-refractivity contribution is 5.59. The number of imidazole rings is 1. The van der Waals surface area contributed by atoms with Gasteiger partial charge in [-0.05, 0) is 51.0 Å². The molecule has 0 N–H and O–H groups in total. The van der Waals surface area contributed by atoms with Gasteiger partial charge in [0, 0.05) is 36.4 Å². The van der Waals surface area contributed by atoms with Gasteiger partial charge in [0.1, 0.15) is 5.82 Å². The van der Waals surface area contributed by atoms with Gasteiger partial charge in [0.05, 0.1) is 22.8 Å². The van der Waals surface area contributed by atoms with E-state index in [2.05, 4.69) is 51.9 Å². The van der Waals surface area contributed by atoms with Gasteiger partial charge in [0.25, 0.3) is 0 Å². The largest absolute Gasteiger partial charge is 0.331 e. The van der Waals surface area contributed by atoms with E-state index in [1.54, 1.807) is 18.3 Å². The molecule has 0 aromatic carbocycles. The van der Waals surface area contributed by atoms with Gasteiger partial charge in [0.2, 0.25) is 0 Å². The first-order chi connectivity index (χ1) is 12.7. The Morgan fingerprint density at radius 3 is 2.50 bits per heavy atom. The molecule has 3 heterocycles. The van der Waals surface area contributed by atoms with Crippen LogP contribution >= 0.6 is 0 Å². The summed E-state index contributed by atoms with van der Waals surface area (Å²) in [5.41, 5.74) is 5.55. The van der Waals surface area contributed by atoms with Gasteiger partial charge < -0.3 is 4.57 Å². The van der Waals surface area contributed by atoms with Crippen LogP contribution in [-0.2, 0) is 19.4 Å². The third-order valence-corrected chi connectivity index (χ3v) is 4.32. The SMILES string of the molecule is C=Cc1ncc(CCc2cn(CC)c(-c3cccnc3C)n2)nc1C=C. The Labute approximate surface area is 154 Å². The molecule has 0 radical (unpaired) electrons. The summed E-state index contributed by atoms with van der Waals surface area (Å²) in [5, 5.41) is 0. The normalized spacial score (nSPS) is 10.7. The van der Waals surface area contributed by atoms with E-state index in [1.807, 2.05) is 19.2 Å². The Balaban J connectivity index is 1.82. The number of hydrogen-bond acceptors (Lipinski definition) is 4. The Kier molecular flexibility index (Phi) is 5.37. The van der Waals surface area contributed by atoms with Crippen LogP contribution in [0.25, 0.3) is 23.5 Å². The van der Waals surface area contributed by atoms with E-state index in [9.17, 15) is 0 Å². The predicted molar refractivity (Wildman–Crippen MR) is 105 cm³/mol. The lowest BCUT2D eigenvalue weighted by Gasteiger charge is -2.06. The first kappa shape index (κ1) is 17.7. The number of rotatable bonds is 7. The molecule has 26 heavy (non-hydrogen) atoms. The highest BCUT2D eigenvalue weighted by atomic mass is 15.1. The molecule has 3 rings (SSSR count). The zero-order chi connectivity index (χ0) is 18.5. The summed E-state index contributed by atoms with van der Waals surface area (Å²) in [6.07, 6.45) is 10.7. The summed E-state index contributed by atoms with van der Waals surface area (Å²) in [7, 11) is 0. The Morgan fingerprint density at radius 1 is 1.04 bits per heavy atom. The molecule has 5 nitrogen and oxygen atoms in total. The maximum atomic E-state index is 4.84. The van der Waals surface area contributed by atoms with E-state index in [-0.39, 0.29) is 0 Å². The van der Waals surface area contributed by atoms with Gasteiger partial charge in [-0.1, -0.05) is 13.2 Å². The lowest BCUT2D eigenvalue weighted by Crippen LogP contribution is -2.00. The Bertz CT molecular complexity index is 939. The van der Waals surface area contributed by atoms with Crippen LogP contribution < -0.4 is 0 Å². The van der Waals surface area contributed by atoms with Crippen LogP contribution in [0, 0.1) is 6.92 Å². The molecule has 3 aromatic heterocycles. The minimum Gasteiger partial charge on any atom is -0.331 e. The Morgan fingerprint density at radius 2 is 1.81 bits per heavy atom. The molecule has 0 spiro atoms. The van der Waals surface area contributed by atoms with E-state index in [1.165, 1.54) is 0 Å². The average molecular weight is 345 g/mol. The third-order valence-electron chi connectivity index (χ3n) is 4.32. The van der Waals surface area contributed by atoms with Crippen LogP contribution in [-0.4, -0.2) is 24.5 Å². The summed E-state index contributed by atoms with van der Waals surface area (Å²) in [4.78, 5) is 18.2. The average Bonchev–Trinajstić information content (AvgIpc) is 3.09. The molecule has 0 saturated carbocycles. The van der Waals surface area contributed by atoms with E-state index in [4.69, 9.17) is 4.98 Å². The molecule has 0 aliphatic carbocycles. The second-order valence-electron chi connectivity index (χ2n) is 6.02. The van der Waals surface area contributed by atoms with E-state index in [0.717, 1.165) is 59.2 Å². The van der Waals surface area contributed by atoms with Gasteiger partial charge in [-0.2, -0.15) is 0 Å². The number of pyridine rings is 1. The molecule has 0 aliphatic rings. The molecular weight excluding hydrogens is 322 g/mol. The second kappa shape index (κ2) is 7.87. The van der Waals surface area contributed by atoms with Crippen molar-refractivity contribution in [3.8, 4) is 11.4 Å². The molecule has 132 valence electrons. The highest BCUT2D eigenvalue weighted by Crippen LogP contribution is 2.22. The molecule has 0 fully saturated rings. The lowest BCUT2D eigenvalue weighted by molar-refractivity contribution is 0.767. The number of aromatic nitrogens is 5. The van der Waals surface area contributed by atoms with Crippen LogP contribution in [0.15, 0.2) is 43.9 Å². The second-order valence-corrected chi connectivity index (χ2v) is 6.02. The van der Waals surface area contributed by atoms with Crippen molar-refractivity contribution in [2.24, 2.45) is 0 Å². The number of aryl methyl sites for hydroxylation is 4. The molecule has 3 aromatic rings. The van der Waals surface area contributed by atoms with E-state index in [0.29, 0.717) is 0 Å². The van der Waals surface area contributed by atoms with E-state index >= 15 is 0 Å². The van der Waals surface area contributed by atoms with Gasteiger partial charge in [-0.3, -0.25) is 9.97 Å². The van der Waals surface area contributed by atoms with Crippen molar-refractivity contribution in [3.63, 3.8) is 0 Å². The van der Waals surface area contributed by atoms with Gasteiger partial charge in [0.15, 0.2) is 0 Å². The van der Waals surface area contributed by atoms with Crippen molar-refractivity contribution >= 4 is 12.2 Å². The highest BCUT2D eigenvalue weighted by Gasteiger charge is 2.12. The molecule has 0 amide bonds. The fourth-order valence-electron chi connectivity index (χ4n) is 2.90. The molecule has 0 unspecified atom stereocenters. The van der Waals surface area contributed by atoms with Crippen molar-refractivity contribution in [2.75, 3.05) is 0 Å². The number of nitrogens with zero attached hydrogens (tertiary/aromatic N) is 5. The standard InChI is InChI=1S/C21H23N5/c1-5-19-20(6-2)24-16(13-23-19)10-11-17-14-26(7-3)21(25-17)18-9-8-12-22-15(18)4/h5-6,8-9,12-14H,1-2,7,10-11H2,3-4H3. The lowest BCUT2D eigenvalue weighted by atomic mass is 10.2. The minimum atomic E-state index is 0.758. The van der Waals surface area contributed by atoms with Crippen molar-refractivity contribution in [2.45, 2.75) is 33.2 Å². The Hall–Kier alpha value is -3.08. The van der Waals surface area contributed by atoms with Gasteiger partial charge in [-0.15, -0.1) is 0 Å². The molecular formula is C21H23N5. The summed E-state index contributed by atoms with van der Waals surface area (Å²) >= 11 is 0. The van der Waals surface area contributed by atoms with Gasteiger partial charge in [-0.25, -0.2) is 9.97 Å². The smallest absolute Gasteiger partial charge is 0.142 e. The quantitative estimate of drug-likeness (QED) is 0.646.